The molecule has 4 aromatic rings. The lowest BCUT2D eigenvalue weighted by molar-refractivity contribution is 0.475. The van der Waals surface area contributed by atoms with Gasteiger partial charge in [0.1, 0.15) is 13.6 Å². The Morgan fingerprint density at radius 3 is 2.18 bits per heavy atom. The van der Waals surface area contributed by atoms with E-state index in [1.54, 1.807) is 12.1 Å². The molecule has 0 aliphatic heterocycles. The molecule has 22 heavy (non-hydrogen) atoms. The molecular formula is C18H11BBrNO. The lowest BCUT2D eigenvalue weighted by Gasteiger charge is -2.08. The van der Waals surface area contributed by atoms with E-state index >= 15 is 0 Å². The van der Waals surface area contributed by atoms with Crippen LogP contribution < -0.4 is 5.46 Å². The van der Waals surface area contributed by atoms with Gasteiger partial charge in [-0.2, -0.15) is 0 Å². The highest BCUT2D eigenvalue weighted by atomic mass is 79.9. The number of aromatic hydroxyl groups is 1. The van der Waals surface area contributed by atoms with Gasteiger partial charge >= 0.3 is 0 Å². The standard InChI is InChI=1S/C18H11BBrNO/c19-11-1-7-17-15(9-11)16-10-12(20)2-8-18(16)21(17)13-3-5-14(22)6-4-13/h1-10,22H. The fraction of sp³-hybridized carbons (Fsp3) is 0. The number of phenols is 1. The van der Waals surface area contributed by atoms with Gasteiger partial charge in [-0.25, -0.2) is 0 Å². The minimum Gasteiger partial charge on any atom is -0.508 e. The van der Waals surface area contributed by atoms with Crippen molar-refractivity contribution in [1.29, 1.82) is 0 Å². The van der Waals surface area contributed by atoms with Crippen molar-refractivity contribution in [2.45, 2.75) is 0 Å². The van der Waals surface area contributed by atoms with Crippen LogP contribution in [0.25, 0.3) is 27.5 Å². The summed E-state index contributed by atoms with van der Waals surface area (Å²) in [4.78, 5) is 0. The summed E-state index contributed by atoms with van der Waals surface area (Å²) >= 11 is 3.54. The lowest BCUT2D eigenvalue weighted by atomic mass is 9.94. The second kappa shape index (κ2) is 4.92. The smallest absolute Gasteiger partial charge is 0.115 e. The van der Waals surface area contributed by atoms with Crippen LogP contribution in [0.5, 0.6) is 5.75 Å². The summed E-state index contributed by atoms with van der Waals surface area (Å²) in [6.07, 6.45) is 0. The minimum absolute atomic E-state index is 0.261. The van der Waals surface area contributed by atoms with Gasteiger partial charge in [0, 0.05) is 20.9 Å². The van der Waals surface area contributed by atoms with Crippen LogP contribution in [0.3, 0.4) is 0 Å². The number of aromatic nitrogens is 1. The van der Waals surface area contributed by atoms with Crippen molar-refractivity contribution in [3.8, 4) is 11.4 Å². The van der Waals surface area contributed by atoms with E-state index in [1.807, 2.05) is 36.4 Å². The first-order chi connectivity index (χ1) is 10.6. The van der Waals surface area contributed by atoms with Crippen LogP contribution in [-0.2, 0) is 0 Å². The van der Waals surface area contributed by atoms with Crippen LogP contribution in [-0.4, -0.2) is 17.5 Å². The molecule has 0 atom stereocenters. The van der Waals surface area contributed by atoms with Gasteiger partial charge in [0.25, 0.3) is 0 Å². The summed E-state index contributed by atoms with van der Waals surface area (Å²) in [6, 6.07) is 19.4. The van der Waals surface area contributed by atoms with Crippen molar-refractivity contribution < 1.29 is 5.11 Å². The molecule has 4 rings (SSSR count). The summed E-state index contributed by atoms with van der Waals surface area (Å²) in [5.74, 6) is 0.261. The molecule has 0 aliphatic rings. The molecule has 0 amide bonds. The Balaban J connectivity index is 2.17. The second-order valence-electron chi connectivity index (χ2n) is 5.29. The predicted molar refractivity (Wildman–Crippen MR) is 95.5 cm³/mol. The Bertz CT molecular complexity index is 946. The van der Waals surface area contributed by atoms with E-state index in [4.69, 9.17) is 7.85 Å². The Hall–Kier alpha value is -2.20. The molecule has 1 aromatic heterocycles. The number of benzene rings is 3. The Morgan fingerprint density at radius 2 is 1.45 bits per heavy atom. The molecule has 0 saturated heterocycles. The Morgan fingerprint density at radius 1 is 0.818 bits per heavy atom. The van der Waals surface area contributed by atoms with E-state index in [2.05, 4.69) is 32.6 Å². The van der Waals surface area contributed by atoms with E-state index < -0.39 is 0 Å². The summed E-state index contributed by atoms with van der Waals surface area (Å²) < 4.78 is 3.21. The van der Waals surface area contributed by atoms with Gasteiger partial charge in [0.2, 0.25) is 0 Å². The van der Waals surface area contributed by atoms with E-state index in [1.165, 1.54) is 0 Å². The SMILES string of the molecule is [B]c1ccc2c(c1)c1cc(Br)ccc1n2-c1ccc(O)cc1. The average Bonchev–Trinajstić information content (AvgIpc) is 2.81. The van der Waals surface area contributed by atoms with Gasteiger partial charge in [0.05, 0.1) is 11.0 Å². The van der Waals surface area contributed by atoms with E-state index in [0.29, 0.717) is 0 Å². The Labute approximate surface area is 137 Å². The van der Waals surface area contributed by atoms with Gasteiger partial charge in [-0.05, 0) is 48.5 Å². The predicted octanol–water partition coefficient (Wildman–Crippen LogP) is 4.05. The number of fused-ring (bicyclic) bond motifs is 3. The highest BCUT2D eigenvalue weighted by Crippen LogP contribution is 2.33. The van der Waals surface area contributed by atoms with Crippen LogP contribution in [0.2, 0.25) is 0 Å². The molecular weight excluding hydrogens is 337 g/mol. The van der Waals surface area contributed by atoms with Crippen LogP contribution in [0.4, 0.5) is 0 Å². The topological polar surface area (TPSA) is 25.2 Å². The molecule has 1 heterocycles. The molecule has 0 bridgehead atoms. The largest absolute Gasteiger partial charge is 0.508 e. The minimum atomic E-state index is 0.261. The number of hydrogen-bond donors (Lipinski definition) is 1. The van der Waals surface area contributed by atoms with Gasteiger partial charge in [-0.15, -0.1) is 0 Å². The van der Waals surface area contributed by atoms with Gasteiger partial charge < -0.3 is 9.67 Å². The molecule has 0 unspecified atom stereocenters. The van der Waals surface area contributed by atoms with Crippen molar-refractivity contribution in [3.05, 3.63) is 65.1 Å². The summed E-state index contributed by atoms with van der Waals surface area (Å²) in [5, 5.41) is 11.8. The fourth-order valence-corrected chi connectivity index (χ4v) is 3.25. The van der Waals surface area contributed by atoms with Crippen molar-refractivity contribution in [1.82, 2.24) is 4.57 Å². The lowest BCUT2D eigenvalue weighted by Crippen LogP contribution is -2.00. The van der Waals surface area contributed by atoms with Gasteiger partial charge in [-0.1, -0.05) is 33.5 Å². The first-order valence-electron chi connectivity index (χ1n) is 6.92. The summed E-state index contributed by atoms with van der Waals surface area (Å²) in [5.41, 5.74) is 3.95. The van der Waals surface area contributed by atoms with Gasteiger partial charge in [-0.3, -0.25) is 0 Å². The van der Waals surface area contributed by atoms with E-state index in [-0.39, 0.29) is 5.75 Å². The molecule has 0 aliphatic carbocycles. The van der Waals surface area contributed by atoms with Crippen molar-refractivity contribution in [3.63, 3.8) is 0 Å². The first kappa shape index (κ1) is 13.5. The van der Waals surface area contributed by atoms with E-state index in [9.17, 15) is 5.11 Å². The van der Waals surface area contributed by atoms with E-state index in [0.717, 1.165) is 37.4 Å². The maximum Gasteiger partial charge on any atom is 0.115 e. The fourth-order valence-electron chi connectivity index (χ4n) is 2.89. The van der Waals surface area contributed by atoms with Crippen LogP contribution in [0.1, 0.15) is 0 Å². The zero-order valence-electron chi connectivity index (χ0n) is 11.6. The summed E-state index contributed by atoms with van der Waals surface area (Å²) in [7, 11) is 5.97. The van der Waals surface area contributed by atoms with Crippen LogP contribution >= 0.6 is 15.9 Å². The molecule has 0 fully saturated rings. The molecule has 0 saturated carbocycles. The number of rotatable bonds is 1. The highest BCUT2D eigenvalue weighted by molar-refractivity contribution is 9.10. The zero-order valence-corrected chi connectivity index (χ0v) is 13.2. The number of hydrogen-bond acceptors (Lipinski definition) is 1. The Kier molecular flexibility index (Phi) is 3.01. The third-order valence-corrected chi connectivity index (χ3v) is 4.35. The molecule has 3 aromatic carbocycles. The molecule has 1 N–H and O–H groups in total. The molecule has 4 heteroatoms. The zero-order chi connectivity index (χ0) is 15.3. The molecule has 2 nitrogen and oxygen atoms in total. The normalized spacial score (nSPS) is 11.3. The number of phenolic OH excluding ortho intramolecular Hbond substituents is 1. The summed E-state index contributed by atoms with van der Waals surface area (Å²) in [6.45, 7) is 0. The van der Waals surface area contributed by atoms with Crippen LogP contribution in [0, 0.1) is 0 Å². The van der Waals surface area contributed by atoms with Gasteiger partial charge in [0.15, 0.2) is 0 Å². The molecule has 104 valence electrons. The second-order valence-corrected chi connectivity index (χ2v) is 6.21. The number of halogens is 1. The molecule has 0 spiro atoms. The average molecular weight is 348 g/mol. The van der Waals surface area contributed by atoms with Crippen LogP contribution in [0.15, 0.2) is 65.1 Å². The van der Waals surface area contributed by atoms with Crippen molar-refractivity contribution >= 4 is 51.0 Å². The highest BCUT2D eigenvalue weighted by Gasteiger charge is 2.12. The maximum absolute atomic E-state index is 9.52. The third-order valence-electron chi connectivity index (χ3n) is 3.86. The van der Waals surface area contributed by atoms with Crippen molar-refractivity contribution in [2.24, 2.45) is 0 Å². The quantitative estimate of drug-likeness (QED) is 0.516. The number of nitrogens with zero attached hydrogens (tertiary/aromatic N) is 1. The van der Waals surface area contributed by atoms with Crippen molar-refractivity contribution in [2.75, 3.05) is 0 Å². The maximum atomic E-state index is 9.52. The molecule has 2 radical (unpaired) electrons. The first-order valence-corrected chi connectivity index (χ1v) is 7.71. The monoisotopic (exact) mass is 347 g/mol. The third kappa shape index (κ3) is 2.03.